The predicted molar refractivity (Wildman–Crippen MR) is 108 cm³/mol. The minimum Gasteiger partial charge on any atom is -0.504 e. The Labute approximate surface area is 177 Å². The number of aromatic hydroxyl groups is 1. The van der Waals surface area contributed by atoms with Crippen LogP contribution < -0.4 is 20.1 Å². The van der Waals surface area contributed by atoms with E-state index in [1.165, 1.54) is 0 Å². The summed E-state index contributed by atoms with van der Waals surface area (Å²) < 4.78 is 58.7. The Morgan fingerprint density at radius 1 is 1.35 bits per heavy atom. The Bertz CT molecular complexity index is 1120. The Hall–Kier alpha value is -3.06. The number of benzene rings is 1. The van der Waals surface area contributed by atoms with E-state index in [4.69, 9.17) is 10.5 Å². The number of ketones is 1. The summed E-state index contributed by atoms with van der Waals surface area (Å²) in [5.41, 5.74) is 4.56. The van der Waals surface area contributed by atoms with Crippen LogP contribution in [0.1, 0.15) is 28.8 Å². The second kappa shape index (κ2) is 8.59. The molecule has 2 heterocycles. The van der Waals surface area contributed by atoms with Gasteiger partial charge in [-0.25, -0.2) is 26.5 Å². The molecule has 0 aliphatic carbocycles. The summed E-state index contributed by atoms with van der Waals surface area (Å²) in [6.07, 6.45) is 2.97. The van der Waals surface area contributed by atoms with Gasteiger partial charge in [-0.3, -0.25) is 4.79 Å². The maximum Gasteiger partial charge on any atom is 0.241 e. The molecule has 168 valence electrons. The molecule has 1 aliphatic rings. The summed E-state index contributed by atoms with van der Waals surface area (Å²) in [6, 6.07) is 0.0617. The zero-order chi connectivity index (χ0) is 22.9. The molecule has 1 saturated heterocycles. The van der Waals surface area contributed by atoms with E-state index in [1.54, 1.807) is 0 Å². The average molecular weight is 457 g/mol. The third-order valence-electron chi connectivity index (χ3n) is 4.83. The van der Waals surface area contributed by atoms with E-state index in [2.05, 4.69) is 15.3 Å². The molecule has 31 heavy (non-hydrogen) atoms. The Kier molecular flexibility index (Phi) is 6.27. The van der Waals surface area contributed by atoms with Crippen LogP contribution in [0.25, 0.3) is 0 Å². The van der Waals surface area contributed by atoms with Crippen molar-refractivity contribution in [2.24, 2.45) is 0 Å². The lowest BCUT2D eigenvalue weighted by atomic mass is 10.0. The summed E-state index contributed by atoms with van der Waals surface area (Å²) in [7, 11) is -2.71. The van der Waals surface area contributed by atoms with Gasteiger partial charge in [0.2, 0.25) is 21.8 Å². The van der Waals surface area contributed by atoms with Crippen molar-refractivity contribution in [1.29, 1.82) is 0 Å². The molecule has 1 fully saturated rings. The van der Waals surface area contributed by atoms with Crippen molar-refractivity contribution < 1.29 is 31.8 Å². The van der Waals surface area contributed by atoms with Crippen LogP contribution in [0.15, 0.2) is 12.3 Å². The smallest absolute Gasteiger partial charge is 0.241 e. The van der Waals surface area contributed by atoms with Crippen LogP contribution in [-0.4, -0.2) is 61.8 Å². The molecule has 1 aliphatic heterocycles. The van der Waals surface area contributed by atoms with Crippen LogP contribution in [-0.2, 0) is 10.0 Å². The quantitative estimate of drug-likeness (QED) is 0.536. The molecule has 0 bridgehead atoms. The second-order valence-corrected chi connectivity index (χ2v) is 8.80. The molecule has 3 rings (SSSR count). The Morgan fingerprint density at radius 3 is 2.55 bits per heavy atom. The number of phenolic OH excluding ortho intramolecular Hbond substituents is 1. The number of aromatic nitrogens is 2. The summed E-state index contributed by atoms with van der Waals surface area (Å²) >= 11 is 0. The number of nitrogens with zero attached hydrogens (tertiary/aromatic N) is 3. The highest BCUT2D eigenvalue weighted by Crippen LogP contribution is 2.36. The van der Waals surface area contributed by atoms with E-state index in [0.29, 0.717) is 32.0 Å². The first-order chi connectivity index (χ1) is 14.6. The molecular formula is C18H21F2N5O5S. The van der Waals surface area contributed by atoms with Gasteiger partial charge < -0.3 is 20.9 Å². The molecule has 0 saturated carbocycles. The standard InChI is InChI=1S/C18H21F2N5O5S/c1-30-16-12(26)7-11(19)14(20)13(16)15(27)10-8-23-18(24-17(10)21)25(31(2,28)29)9-3-5-22-6-4-9/h7-9,22,26H,3-6H2,1-2H3,(H2,21,23,24). The molecular weight excluding hydrogens is 436 g/mol. The predicted octanol–water partition coefficient (Wildman–Crippen LogP) is 0.800. The van der Waals surface area contributed by atoms with Crippen molar-refractivity contribution in [2.45, 2.75) is 18.9 Å². The van der Waals surface area contributed by atoms with Crippen molar-refractivity contribution in [3.8, 4) is 11.5 Å². The number of methoxy groups -OCH3 is 1. The molecule has 10 nitrogen and oxygen atoms in total. The van der Waals surface area contributed by atoms with Gasteiger partial charge >= 0.3 is 0 Å². The third kappa shape index (κ3) is 4.37. The van der Waals surface area contributed by atoms with Crippen LogP contribution in [0.3, 0.4) is 0 Å². The van der Waals surface area contributed by atoms with Gasteiger partial charge in [0.15, 0.2) is 23.1 Å². The number of halogens is 2. The fourth-order valence-electron chi connectivity index (χ4n) is 3.43. The number of rotatable bonds is 6. The van der Waals surface area contributed by atoms with Gasteiger partial charge in [0.1, 0.15) is 11.4 Å². The summed E-state index contributed by atoms with van der Waals surface area (Å²) in [6.45, 7) is 1.20. The third-order valence-corrected chi connectivity index (χ3v) is 6.00. The zero-order valence-electron chi connectivity index (χ0n) is 16.7. The largest absolute Gasteiger partial charge is 0.504 e. The van der Waals surface area contributed by atoms with Gasteiger partial charge in [-0.05, 0) is 25.9 Å². The number of nitrogen functional groups attached to an aromatic ring is 1. The lowest BCUT2D eigenvalue weighted by Gasteiger charge is -2.32. The fraction of sp³-hybridized carbons (Fsp3) is 0.389. The zero-order valence-corrected chi connectivity index (χ0v) is 17.5. The number of sulfonamides is 1. The number of nitrogens with one attached hydrogen (secondary N) is 1. The van der Waals surface area contributed by atoms with Crippen molar-refractivity contribution in [1.82, 2.24) is 15.3 Å². The number of piperidine rings is 1. The molecule has 13 heteroatoms. The average Bonchev–Trinajstić information content (AvgIpc) is 2.70. The van der Waals surface area contributed by atoms with Gasteiger partial charge in [0.05, 0.1) is 25.0 Å². The number of nitrogens with two attached hydrogens (primary N) is 1. The minimum absolute atomic E-state index is 0.238. The molecule has 4 N–H and O–H groups in total. The molecule has 0 radical (unpaired) electrons. The van der Waals surface area contributed by atoms with Crippen LogP contribution in [0.5, 0.6) is 11.5 Å². The number of hydrogen-bond acceptors (Lipinski definition) is 9. The first-order valence-electron chi connectivity index (χ1n) is 9.18. The molecule has 2 aromatic rings. The highest BCUT2D eigenvalue weighted by atomic mass is 32.2. The van der Waals surface area contributed by atoms with E-state index >= 15 is 0 Å². The number of hydrogen-bond donors (Lipinski definition) is 3. The van der Waals surface area contributed by atoms with Crippen molar-refractivity contribution in [2.75, 3.05) is 36.5 Å². The lowest BCUT2D eigenvalue weighted by Crippen LogP contribution is -2.46. The van der Waals surface area contributed by atoms with Crippen LogP contribution in [0.2, 0.25) is 0 Å². The Balaban J connectivity index is 2.06. The molecule has 1 aromatic carbocycles. The van der Waals surface area contributed by atoms with Gasteiger partial charge in [0.25, 0.3) is 0 Å². The number of carbonyl (C=O) groups is 1. The summed E-state index contributed by atoms with van der Waals surface area (Å²) in [4.78, 5) is 20.8. The maximum atomic E-state index is 14.3. The van der Waals surface area contributed by atoms with Crippen LogP contribution >= 0.6 is 0 Å². The first kappa shape index (κ1) is 22.6. The van der Waals surface area contributed by atoms with E-state index in [1.807, 2.05) is 0 Å². The highest BCUT2D eigenvalue weighted by molar-refractivity contribution is 7.92. The second-order valence-electron chi connectivity index (χ2n) is 6.94. The molecule has 0 amide bonds. The summed E-state index contributed by atoms with van der Waals surface area (Å²) in [5, 5.41) is 12.9. The topological polar surface area (TPSA) is 148 Å². The number of ether oxygens (including phenoxy) is 1. The molecule has 0 unspecified atom stereocenters. The van der Waals surface area contributed by atoms with E-state index in [-0.39, 0.29) is 5.95 Å². The van der Waals surface area contributed by atoms with Gasteiger partial charge in [-0.15, -0.1) is 0 Å². The first-order valence-corrected chi connectivity index (χ1v) is 11.0. The highest BCUT2D eigenvalue weighted by Gasteiger charge is 2.32. The normalized spacial score (nSPS) is 15.0. The van der Waals surface area contributed by atoms with Crippen LogP contribution in [0, 0.1) is 11.6 Å². The van der Waals surface area contributed by atoms with Gasteiger partial charge in [0, 0.05) is 12.3 Å². The van der Waals surface area contributed by atoms with E-state index in [9.17, 15) is 27.1 Å². The fourth-order valence-corrected chi connectivity index (χ4v) is 4.57. The maximum absolute atomic E-state index is 14.3. The van der Waals surface area contributed by atoms with Gasteiger partial charge in [-0.1, -0.05) is 0 Å². The van der Waals surface area contributed by atoms with Crippen molar-refractivity contribution >= 4 is 27.6 Å². The van der Waals surface area contributed by atoms with Crippen molar-refractivity contribution in [3.63, 3.8) is 0 Å². The van der Waals surface area contributed by atoms with Crippen LogP contribution in [0.4, 0.5) is 20.5 Å². The SMILES string of the molecule is COc1c(O)cc(F)c(F)c1C(=O)c1cnc(N(C2CCNCC2)S(C)(=O)=O)nc1N. The lowest BCUT2D eigenvalue weighted by molar-refractivity contribution is 0.103. The number of phenols is 1. The number of anilines is 2. The number of carbonyl (C=O) groups excluding carboxylic acids is 1. The van der Waals surface area contributed by atoms with Gasteiger partial charge in [-0.2, -0.15) is 4.98 Å². The molecule has 1 aromatic heterocycles. The molecule has 0 atom stereocenters. The minimum atomic E-state index is -3.77. The molecule has 0 spiro atoms. The monoisotopic (exact) mass is 457 g/mol. The summed E-state index contributed by atoms with van der Waals surface area (Å²) in [5.74, 6) is -6.20. The van der Waals surface area contributed by atoms with E-state index < -0.39 is 61.9 Å². The van der Waals surface area contributed by atoms with Crippen molar-refractivity contribution in [3.05, 3.63) is 35.0 Å². The van der Waals surface area contributed by atoms with E-state index in [0.717, 1.165) is 23.9 Å². The Morgan fingerprint density at radius 2 is 2.00 bits per heavy atom.